The first-order chi connectivity index (χ1) is 7.66. The van der Waals surface area contributed by atoms with E-state index < -0.39 is 11.6 Å². The number of rotatable bonds is 2. The lowest BCUT2D eigenvalue weighted by Crippen LogP contribution is -2.27. The highest BCUT2D eigenvalue weighted by molar-refractivity contribution is 5.21. The Morgan fingerprint density at radius 2 is 1.69 bits per heavy atom. The van der Waals surface area contributed by atoms with Crippen molar-refractivity contribution in [2.75, 3.05) is 13.2 Å². The van der Waals surface area contributed by atoms with Crippen LogP contribution in [0, 0.1) is 17.6 Å². The van der Waals surface area contributed by atoms with Crippen LogP contribution < -0.4 is 5.73 Å². The first kappa shape index (κ1) is 11.5. The van der Waals surface area contributed by atoms with Crippen molar-refractivity contribution < 1.29 is 13.5 Å². The van der Waals surface area contributed by atoms with Gasteiger partial charge in [-0.3, -0.25) is 0 Å². The molecule has 0 unspecified atom stereocenters. The smallest absolute Gasteiger partial charge is 0.126 e. The Bertz CT molecular complexity index is 344. The van der Waals surface area contributed by atoms with E-state index in [1.54, 1.807) is 0 Å². The number of ether oxygens (including phenoxy) is 1. The molecule has 0 aromatic heterocycles. The second kappa shape index (κ2) is 4.89. The number of halogens is 2. The molecule has 2 N–H and O–H groups in total. The zero-order chi connectivity index (χ0) is 11.5. The molecule has 0 aliphatic carbocycles. The van der Waals surface area contributed by atoms with Gasteiger partial charge in [-0.2, -0.15) is 0 Å². The Morgan fingerprint density at radius 3 is 2.25 bits per heavy atom. The first-order valence-corrected chi connectivity index (χ1v) is 5.46. The third-order valence-corrected chi connectivity index (χ3v) is 3.04. The quantitative estimate of drug-likeness (QED) is 0.842. The molecule has 0 saturated carbocycles. The maximum atomic E-state index is 13.0. The normalized spacial score (nSPS) is 19.7. The van der Waals surface area contributed by atoms with E-state index in [2.05, 4.69) is 0 Å². The van der Waals surface area contributed by atoms with E-state index in [4.69, 9.17) is 10.5 Å². The topological polar surface area (TPSA) is 35.2 Å². The van der Waals surface area contributed by atoms with Gasteiger partial charge in [0.15, 0.2) is 0 Å². The zero-order valence-corrected chi connectivity index (χ0v) is 8.96. The maximum absolute atomic E-state index is 13.0. The molecule has 1 heterocycles. The minimum atomic E-state index is -0.572. The Labute approximate surface area is 93.4 Å². The lowest BCUT2D eigenvalue weighted by Gasteiger charge is -2.27. The molecule has 1 aromatic carbocycles. The van der Waals surface area contributed by atoms with Crippen LogP contribution in [-0.2, 0) is 4.74 Å². The predicted molar refractivity (Wildman–Crippen MR) is 56.8 cm³/mol. The van der Waals surface area contributed by atoms with Crippen LogP contribution in [0.25, 0.3) is 0 Å². The lowest BCUT2D eigenvalue weighted by molar-refractivity contribution is 0.0583. The van der Waals surface area contributed by atoms with E-state index in [0.29, 0.717) is 18.8 Å². The zero-order valence-electron chi connectivity index (χ0n) is 8.96. The van der Waals surface area contributed by atoms with E-state index in [-0.39, 0.29) is 12.0 Å². The molecule has 0 bridgehead atoms. The molecule has 1 aliphatic heterocycles. The second-order valence-corrected chi connectivity index (χ2v) is 4.18. The molecule has 2 nitrogen and oxygen atoms in total. The van der Waals surface area contributed by atoms with Crippen LogP contribution in [0.15, 0.2) is 18.2 Å². The van der Waals surface area contributed by atoms with Crippen LogP contribution in [-0.4, -0.2) is 13.2 Å². The maximum Gasteiger partial charge on any atom is 0.126 e. The van der Waals surface area contributed by atoms with Crippen LogP contribution in [0.4, 0.5) is 8.78 Å². The van der Waals surface area contributed by atoms with E-state index >= 15 is 0 Å². The van der Waals surface area contributed by atoms with Gasteiger partial charge in [-0.15, -0.1) is 0 Å². The van der Waals surface area contributed by atoms with Crippen LogP contribution in [0.3, 0.4) is 0 Å². The van der Waals surface area contributed by atoms with E-state index in [1.807, 2.05) is 0 Å². The van der Waals surface area contributed by atoms with Gasteiger partial charge in [0.2, 0.25) is 0 Å². The summed E-state index contributed by atoms with van der Waals surface area (Å²) in [4.78, 5) is 0. The standard InChI is InChI=1S/C12H15F2NO/c13-10-5-9(6-11(14)7-10)12(15)8-1-3-16-4-2-8/h5-8,12H,1-4,15H2/t12-/m0/s1. The molecule has 1 saturated heterocycles. The van der Waals surface area contributed by atoms with Crippen molar-refractivity contribution in [3.05, 3.63) is 35.4 Å². The average molecular weight is 227 g/mol. The van der Waals surface area contributed by atoms with Gasteiger partial charge >= 0.3 is 0 Å². The van der Waals surface area contributed by atoms with Crippen molar-refractivity contribution in [1.82, 2.24) is 0 Å². The molecule has 0 amide bonds. The molecule has 1 fully saturated rings. The van der Waals surface area contributed by atoms with Crippen molar-refractivity contribution in [3.8, 4) is 0 Å². The minimum Gasteiger partial charge on any atom is -0.381 e. The summed E-state index contributed by atoms with van der Waals surface area (Å²) < 4.78 is 31.3. The highest BCUT2D eigenvalue weighted by atomic mass is 19.1. The summed E-state index contributed by atoms with van der Waals surface area (Å²) >= 11 is 0. The Balaban J connectivity index is 2.15. The third-order valence-electron chi connectivity index (χ3n) is 3.04. The molecule has 88 valence electrons. The summed E-state index contributed by atoms with van der Waals surface area (Å²) in [7, 11) is 0. The summed E-state index contributed by atoms with van der Waals surface area (Å²) in [6, 6.07) is 3.17. The third kappa shape index (κ3) is 2.57. The Hall–Kier alpha value is -1.00. The molecule has 1 atom stereocenters. The minimum absolute atomic E-state index is 0.245. The predicted octanol–water partition coefficient (Wildman–Crippen LogP) is 2.39. The Morgan fingerprint density at radius 1 is 1.12 bits per heavy atom. The summed E-state index contributed by atoms with van der Waals surface area (Å²) in [6.45, 7) is 1.35. The van der Waals surface area contributed by atoms with Gasteiger partial charge < -0.3 is 10.5 Å². The van der Waals surface area contributed by atoms with Crippen molar-refractivity contribution in [2.45, 2.75) is 18.9 Å². The van der Waals surface area contributed by atoms with Gasteiger partial charge in [0.1, 0.15) is 11.6 Å². The van der Waals surface area contributed by atoms with Gasteiger partial charge in [0.25, 0.3) is 0 Å². The van der Waals surface area contributed by atoms with Gasteiger partial charge in [-0.1, -0.05) is 0 Å². The number of nitrogens with two attached hydrogens (primary N) is 1. The summed E-state index contributed by atoms with van der Waals surface area (Å²) in [5.74, 6) is -0.898. The average Bonchev–Trinajstić information content (AvgIpc) is 2.28. The van der Waals surface area contributed by atoms with E-state index in [9.17, 15) is 8.78 Å². The highest BCUT2D eigenvalue weighted by Gasteiger charge is 2.22. The molecule has 1 aliphatic rings. The van der Waals surface area contributed by atoms with Gasteiger partial charge in [-0.05, 0) is 36.5 Å². The van der Waals surface area contributed by atoms with Gasteiger partial charge in [0, 0.05) is 25.3 Å². The Kier molecular flexibility index (Phi) is 3.51. The molecule has 16 heavy (non-hydrogen) atoms. The fourth-order valence-electron chi connectivity index (χ4n) is 2.11. The van der Waals surface area contributed by atoms with E-state index in [0.717, 1.165) is 18.9 Å². The van der Waals surface area contributed by atoms with Gasteiger partial charge in [-0.25, -0.2) is 8.78 Å². The van der Waals surface area contributed by atoms with Crippen molar-refractivity contribution in [2.24, 2.45) is 11.7 Å². The van der Waals surface area contributed by atoms with Crippen LogP contribution >= 0.6 is 0 Å². The lowest BCUT2D eigenvalue weighted by atomic mass is 9.88. The summed E-state index contributed by atoms with van der Waals surface area (Å²) in [5.41, 5.74) is 6.55. The van der Waals surface area contributed by atoms with Crippen molar-refractivity contribution in [1.29, 1.82) is 0 Å². The molecule has 2 rings (SSSR count). The van der Waals surface area contributed by atoms with Crippen LogP contribution in [0.2, 0.25) is 0 Å². The number of hydrogen-bond acceptors (Lipinski definition) is 2. The molecule has 0 radical (unpaired) electrons. The molecular weight excluding hydrogens is 212 g/mol. The van der Waals surface area contributed by atoms with Crippen LogP contribution in [0.5, 0.6) is 0 Å². The monoisotopic (exact) mass is 227 g/mol. The molecular formula is C12H15F2NO. The second-order valence-electron chi connectivity index (χ2n) is 4.18. The highest BCUT2D eigenvalue weighted by Crippen LogP contribution is 2.28. The first-order valence-electron chi connectivity index (χ1n) is 5.46. The van der Waals surface area contributed by atoms with E-state index in [1.165, 1.54) is 12.1 Å². The van der Waals surface area contributed by atoms with Crippen molar-refractivity contribution in [3.63, 3.8) is 0 Å². The van der Waals surface area contributed by atoms with Gasteiger partial charge in [0.05, 0.1) is 0 Å². The summed E-state index contributed by atoms with van der Waals surface area (Å²) in [6.07, 6.45) is 1.69. The SMILES string of the molecule is N[C@H](c1cc(F)cc(F)c1)C1CCOCC1. The fourth-order valence-corrected chi connectivity index (χ4v) is 2.11. The number of benzene rings is 1. The number of hydrogen-bond donors (Lipinski definition) is 1. The molecule has 1 aromatic rings. The fraction of sp³-hybridized carbons (Fsp3) is 0.500. The molecule has 0 spiro atoms. The summed E-state index contributed by atoms with van der Waals surface area (Å²) in [5, 5.41) is 0. The molecule has 4 heteroatoms. The van der Waals surface area contributed by atoms with Crippen LogP contribution in [0.1, 0.15) is 24.4 Å². The van der Waals surface area contributed by atoms with Crippen molar-refractivity contribution >= 4 is 0 Å². The largest absolute Gasteiger partial charge is 0.381 e.